The molecule has 0 spiro atoms. The molecule has 1 aliphatic rings. The molecule has 0 bridgehead atoms. The third-order valence-corrected chi connectivity index (χ3v) is 3.74. The summed E-state index contributed by atoms with van der Waals surface area (Å²) in [5.41, 5.74) is 1.53. The molecule has 0 aliphatic carbocycles. The van der Waals surface area contributed by atoms with Crippen LogP contribution in [0.1, 0.15) is 18.4 Å². The maximum atomic E-state index is 5.35. The van der Waals surface area contributed by atoms with Crippen LogP contribution in [0.4, 0.5) is 0 Å². The summed E-state index contributed by atoms with van der Waals surface area (Å²) < 4.78 is 6.49. The minimum absolute atomic E-state index is 0.155. The van der Waals surface area contributed by atoms with Gasteiger partial charge in [0.1, 0.15) is 0 Å². The molecule has 2 rings (SSSR count). The first-order chi connectivity index (χ1) is 7.74. The lowest BCUT2D eigenvalue weighted by atomic mass is 9.90. The predicted molar refractivity (Wildman–Crippen MR) is 69.7 cm³/mol. The lowest BCUT2D eigenvalue weighted by molar-refractivity contribution is 0.120. The fraction of sp³-hybridized carbons (Fsp3) is 0.538. The summed E-state index contributed by atoms with van der Waals surface area (Å²) in [5.74, 6) is 0. The summed E-state index contributed by atoms with van der Waals surface area (Å²) in [7, 11) is 1.78. The van der Waals surface area contributed by atoms with Gasteiger partial charge in [-0.05, 0) is 43.5 Å². The molecule has 2 nitrogen and oxygen atoms in total. The lowest BCUT2D eigenvalue weighted by Gasteiger charge is -2.29. The summed E-state index contributed by atoms with van der Waals surface area (Å²) in [6, 6.07) is 8.57. The number of hydrogen-bond acceptors (Lipinski definition) is 2. The van der Waals surface area contributed by atoms with Crippen molar-refractivity contribution in [3.05, 3.63) is 34.3 Å². The van der Waals surface area contributed by atoms with Gasteiger partial charge in [0.15, 0.2) is 0 Å². The molecule has 1 saturated heterocycles. The van der Waals surface area contributed by atoms with Crippen molar-refractivity contribution in [1.82, 2.24) is 5.32 Å². The second kappa shape index (κ2) is 5.30. The predicted octanol–water partition coefficient (Wildman–Crippen LogP) is 2.76. The first-order valence-corrected chi connectivity index (χ1v) is 6.52. The first-order valence-electron chi connectivity index (χ1n) is 5.73. The Morgan fingerprint density at radius 3 is 2.69 bits per heavy atom. The minimum Gasteiger partial charge on any atom is -0.383 e. The summed E-state index contributed by atoms with van der Waals surface area (Å²) in [5, 5.41) is 3.60. The Labute approximate surface area is 106 Å². The van der Waals surface area contributed by atoms with Gasteiger partial charge in [-0.15, -0.1) is 0 Å². The second-order valence-corrected chi connectivity index (χ2v) is 5.46. The number of rotatable bonds is 4. The van der Waals surface area contributed by atoms with E-state index in [0.29, 0.717) is 0 Å². The van der Waals surface area contributed by atoms with Crippen molar-refractivity contribution in [2.24, 2.45) is 0 Å². The molecule has 1 heterocycles. The number of methoxy groups -OCH3 is 1. The Hall–Kier alpha value is -0.380. The van der Waals surface area contributed by atoms with Crippen molar-refractivity contribution in [2.45, 2.75) is 24.8 Å². The van der Waals surface area contributed by atoms with Crippen LogP contribution in [0.15, 0.2) is 28.7 Å². The topological polar surface area (TPSA) is 21.3 Å². The minimum atomic E-state index is 0.155. The molecular formula is C13H18BrNO. The van der Waals surface area contributed by atoms with E-state index < -0.39 is 0 Å². The molecule has 0 aromatic heterocycles. The molecule has 88 valence electrons. The number of nitrogens with one attached hydrogen (secondary N) is 1. The fourth-order valence-electron chi connectivity index (χ4n) is 2.46. The molecule has 0 radical (unpaired) electrons. The zero-order valence-electron chi connectivity index (χ0n) is 9.63. The van der Waals surface area contributed by atoms with E-state index in [4.69, 9.17) is 4.74 Å². The van der Waals surface area contributed by atoms with Gasteiger partial charge in [-0.25, -0.2) is 0 Å². The zero-order valence-corrected chi connectivity index (χ0v) is 11.2. The van der Waals surface area contributed by atoms with Crippen molar-refractivity contribution in [2.75, 3.05) is 20.3 Å². The maximum absolute atomic E-state index is 5.35. The summed E-state index contributed by atoms with van der Waals surface area (Å²) in [6.45, 7) is 1.91. The van der Waals surface area contributed by atoms with Gasteiger partial charge in [-0.3, -0.25) is 0 Å². The Morgan fingerprint density at radius 1 is 1.38 bits per heavy atom. The van der Waals surface area contributed by atoms with Crippen molar-refractivity contribution in [3.8, 4) is 0 Å². The highest BCUT2D eigenvalue weighted by molar-refractivity contribution is 9.10. The van der Waals surface area contributed by atoms with E-state index in [-0.39, 0.29) is 5.54 Å². The molecule has 1 aromatic carbocycles. The van der Waals surface area contributed by atoms with E-state index in [0.717, 1.165) is 24.0 Å². The summed E-state index contributed by atoms with van der Waals surface area (Å²) in [6.07, 6.45) is 3.50. The Morgan fingerprint density at radius 2 is 2.12 bits per heavy atom. The van der Waals surface area contributed by atoms with Crippen LogP contribution in [0.2, 0.25) is 0 Å². The van der Waals surface area contributed by atoms with Crippen molar-refractivity contribution in [1.29, 1.82) is 0 Å². The van der Waals surface area contributed by atoms with E-state index in [9.17, 15) is 0 Å². The van der Waals surface area contributed by atoms with Crippen molar-refractivity contribution < 1.29 is 4.74 Å². The average Bonchev–Trinajstić information content (AvgIpc) is 2.71. The summed E-state index contributed by atoms with van der Waals surface area (Å²) >= 11 is 3.46. The zero-order chi connectivity index (χ0) is 11.4. The van der Waals surface area contributed by atoms with Gasteiger partial charge < -0.3 is 10.1 Å². The van der Waals surface area contributed by atoms with Gasteiger partial charge in [0.25, 0.3) is 0 Å². The fourth-order valence-corrected chi connectivity index (χ4v) is 2.73. The van der Waals surface area contributed by atoms with Gasteiger partial charge in [-0.2, -0.15) is 0 Å². The molecule has 16 heavy (non-hydrogen) atoms. The third-order valence-electron chi connectivity index (χ3n) is 3.21. The first kappa shape index (κ1) is 12.1. The molecule has 1 fully saturated rings. The van der Waals surface area contributed by atoms with Gasteiger partial charge >= 0.3 is 0 Å². The lowest BCUT2D eigenvalue weighted by Crippen LogP contribution is -2.46. The highest BCUT2D eigenvalue weighted by Gasteiger charge is 2.33. The highest BCUT2D eigenvalue weighted by Crippen LogP contribution is 2.25. The molecule has 0 amide bonds. The van der Waals surface area contributed by atoms with Crippen LogP contribution in [-0.4, -0.2) is 25.8 Å². The number of halogens is 1. The van der Waals surface area contributed by atoms with Crippen LogP contribution >= 0.6 is 15.9 Å². The van der Waals surface area contributed by atoms with Crippen LogP contribution in [0.3, 0.4) is 0 Å². The van der Waals surface area contributed by atoms with Crippen LogP contribution in [0.25, 0.3) is 0 Å². The quantitative estimate of drug-likeness (QED) is 0.918. The smallest absolute Gasteiger partial charge is 0.0647 e. The molecule has 1 atom stereocenters. The monoisotopic (exact) mass is 283 g/mol. The van der Waals surface area contributed by atoms with E-state index in [2.05, 4.69) is 45.5 Å². The van der Waals surface area contributed by atoms with Crippen LogP contribution in [-0.2, 0) is 11.2 Å². The summed E-state index contributed by atoms with van der Waals surface area (Å²) in [4.78, 5) is 0. The average molecular weight is 284 g/mol. The van der Waals surface area contributed by atoms with Gasteiger partial charge in [-0.1, -0.05) is 28.1 Å². The molecule has 1 aliphatic heterocycles. The molecule has 1 N–H and O–H groups in total. The number of ether oxygens (including phenoxy) is 1. The molecule has 1 unspecified atom stereocenters. The number of hydrogen-bond donors (Lipinski definition) is 1. The Kier molecular flexibility index (Phi) is 4.00. The normalized spacial score (nSPS) is 24.9. The van der Waals surface area contributed by atoms with E-state index in [1.165, 1.54) is 18.4 Å². The van der Waals surface area contributed by atoms with Crippen molar-refractivity contribution >= 4 is 15.9 Å². The largest absolute Gasteiger partial charge is 0.383 e. The van der Waals surface area contributed by atoms with E-state index in [1.54, 1.807) is 7.11 Å². The van der Waals surface area contributed by atoms with Crippen LogP contribution < -0.4 is 5.32 Å². The van der Waals surface area contributed by atoms with E-state index in [1.807, 2.05) is 0 Å². The maximum Gasteiger partial charge on any atom is 0.0647 e. The Bertz CT molecular complexity index is 330. The van der Waals surface area contributed by atoms with E-state index >= 15 is 0 Å². The second-order valence-electron chi connectivity index (χ2n) is 4.55. The van der Waals surface area contributed by atoms with Crippen LogP contribution in [0.5, 0.6) is 0 Å². The molecular weight excluding hydrogens is 266 g/mol. The van der Waals surface area contributed by atoms with Gasteiger partial charge in [0, 0.05) is 17.1 Å². The van der Waals surface area contributed by atoms with Crippen LogP contribution in [0, 0.1) is 0 Å². The van der Waals surface area contributed by atoms with Gasteiger partial charge in [0.2, 0.25) is 0 Å². The number of benzene rings is 1. The third kappa shape index (κ3) is 2.84. The van der Waals surface area contributed by atoms with Crippen molar-refractivity contribution in [3.63, 3.8) is 0 Å². The highest BCUT2D eigenvalue weighted by atomic mass is 79.9. The molecule has 3 heteroatoms. The molecule has 0 saturated carbocycles. The van der Waals surface area contributed by atoms with Gasteiger partial charge in [0.05, 0.1) is 6.61 Å². The molecule has 1 aromatic rings. The SMILES string of the molecule is COCC1(Cc2ccc(Br)cc2)CCCN1. The standard InChI is InChI=1S/C13H18BrNO/c1-16-10-13(7-2-8-15-13)9-11-3-5-12(14)6-4-11/h3-6,15H,2,7-10H2,1H3. The Balaban J connectivity index is 2.08.